The Kier molecular flexibility index (Phi) is 7.43. The van der Waals surface area contributed by atoms with Crippen molar-refractivity contribution in [3.05, 3.63) is 23.8 Å². The van der Waals surface area contributed by atoms with E-state index in [1.165, 1.54) is 0 Å². The predicted molar refractivity (Wildman–Crippen MR) is 83.5 cm³/mol. The van der Waals surface area contributed by atoms with E-state index in [2.05, 4.69) is 0 Å². The Morgan fingerprint density at radius 3 is 2.23 bits per heavy atom. The molecule has 0 fully saturated rings. The van der Waals surface area contributed by atoms with Gasteiger partial charge < -0.3 is 14.2 Å². The van der Waals surface area contributed by atoms with Gasteiger partial charge in [-0.1, -0.05) is 6.92 Å². The predicted octanol–water partition coefficient (Wildman–Crippen LogP) is 3.26. The third-order valence-corrected chi connectivity index (χ3v) is 3.05. The normalized spacial score (nSPS) is 11.6. The summed E-state index contributed by atoms with van der Waals surface area (Å²) in [6, 6.07) is 5.08. The van der Waals surface area contributed by atoms with Crippen LogP contribution in [0.2, 0.25) is 0 Å². The second kappa shape index (κ2) is 9.07. The zero-order valence-corrected chi connectivity index (χ0v) is 13.7. The van der Waals surface area contributed by atoms with Crippen molar-refractivity contribution in [3.8, 4) is 11.5 Å². The number of Topliss-reactive ketones (excluding diaryl/α,β-unsaturated/α-hetero) is 1. The molecule has 0 spiro atoms. The number of hydrogen-bond acceptors (Lipinski definition) is 5. The van der Waals surface area contributed by atoms with Crippen LogP contribution >= 0.6 is 0 Å². The largest absolute Gasteiger partial charge is 0.490 e. The molecule has 1 rings (SSSR count). The van der Waals surface area contributed by atoms with Crippen LogP contribution in [0, 0.1) is 5.92 Å². The summed E-state index contributed by atoms with van der Waals surface area (Å²) in [5.74, 6) is 0.236. The van der Waals surface area contributed by atoms with Crippen molar-refractivity contribution >= 4 is 11.8 Å². The molecule has 0 saturated carbocycles. The minimum absolute atomic E-state index is 0.0733. The SMILES string of the molecule is CCOC(=O)C[C@@H](C)C(=O)c1ccc(OCC)c(OCC)c1. The molecule has 0 N–H and O–H groups in total. The fourth-order valence-electron chi connectivity index (χ4n) is 2.05. The van der Waals surface area contributed by atoms with Gasteiger partial charge in [-0.25, -0.2) is 0 Å². The molecule has 0 aromatic heterocycles. The van der Waals surface area contributed by atoms with Gasteiger partial charge in [0, 0.05) is 11.5 Å². The fraction of sp³-hybridized carbons (Fsp3) is 0.529. The summed E-state index contributed by atoms with van der Waals surface area (Å²) < 4.78 is 15.9. The van der Waals surface area contributed by atoms with Crippen molar-refractivity contribution in [1.82, 2.24) is 0 Å². The Labute approximate surface area is 131 Å². The number of ketones is 1. The highest BCUT2D eigenvalue weighted by Crippen LogP contribution is 2.29. The topological polar surface area (TPSA) is 61.8 Å². The summed E-state index contributed by atoms with van der Waals surface area (Å²) in [6.45, 7) is 8.53. The van der Waals surface area contributed by atoms with Crippen molar-refractivity contribution < 1.29 is 23.8 Å². The minimum atomic E-state index is -0.438. The van der Waals surface area contributed by atoms with Gasteiger partial charge in [0.25, 0.3) is 0 Å². The molecule has 5 nitrogen and oxygen atoms in total. The van der Waals surface area contributed by atoms with Crippen molar-refractivity contribution in [2.24, 2.45) is 5.92 Å². The molecule has 0 amide bonds. The van der Waals surface area contributed by atoms with Crippen molar-refractivity contribution in [2.45, 2.75) is 34.1 Å². The first-order valence-electron chi connectivity index (χ1n) is 7.62. The monoisotopic (exact) mass is 308 g/mol. The van der Waals surface area contributed by atoms with E-state index in [4.69, 9.17) is 14.2 Å². The maximum Gasteiger partial charge on any atom is 0.306 e. The smallest absolute Gasteiger partial charge is 0.306 e. The zero-order chi connectivity index (χ0) is 16.5. The van der Waals surface area contributed by atoms with Gasteiger partial charge in [0.2, 0.25) is 0 Å². The van der Waals surface area contributed by atoms with Gasteiger partial charge in [-0.05, 0) is 39.0 Å². The average molecular weight is 308 g/mol. The number of esters is 1. The lowest BCUT2D eigenvalue weighted by molar-refractivity contribution is -0.143. The molecule has 0 unspecified atom stereocenters. The Hall–Kier alpha value is -2.04. The van der Waals surface area contributed by atoms with E-state index in [0.717, 1.165) is 0 Å². The lowest BCUT2D eigenvalue weighted by Gasteiger charge is -2.14. The second-order valence-electron chi connectivity index (χ2n) is 4.80. The van der Waals surface area contributed by atoms with Crippen LogP contribution < -0.4 is 9.47 Å². The van der Waals surface area contributed by atoms with E-state index in [1.54, 1.807) is 32.0 Å². The number of carbonyl (C=O) groups is 2. The first kappa shape index (κ1) is 18.0. The van der Waals surface area contributed by atoms with Crippen LogP contribution in [0.4, 0.5) is 0 Å². The Balaban J connectivity index is 2.88. The van der Waals surface area contributed by atoms with Crippen molar-refractivity contribution in [3.63, 3.8) is 0 Å². The molecule has 0 aliphatic rings. The van der Waals surface area contributed by atoms with E-state index in [-0.39, 0.29) is 18.2 Å². The molecule has 0 radical (unpaired) electrons. The molecule has 5 heteroatoms. The molecule has 122 valence electrons. The Bertz CT molecular complexity index is 510. The van der Waals surface area contributed by atoms with Gasteiger partial charge in [0.15, 0.2) is 17.3 Å². The van der Waals surface area contributed by atoms with E-state index >= 15 is 0 Å². The van der Waals surface area contributed by atoms with Gasteiger partial charge in [0.05, 0.1) is 26.2 Å². The van der Waals surface area contributed by atoms with E-state index in [9.17, 15) is 9.59 Å². The molecular weight excluding hydrogens is 284 g/mol. The number of benzene rings is 1. The van der Waals surface area contributed by atoms with Gasteiger partial charge >= 0.3 is 5.97 Å². The third kappa shape index (κ3) is 5.06. The zero-order valence-electron chi connectivity index (χ0n) is 13.7. The summed E-state index contributed by atoms with van der Waals surface area (Å²) >= 11 is 0. The molecule has 22 heavy (non-hydrogen) atoms. The van der Waals surface area contributed by atoms with Crippen LogP contribution in [0.1, 0.15) is 44.5 Å². The highest BCUT2D eigenvalue weighted by Gasteiger charge is 2.20. The maximum atomic E-state index is 12.4. The first-order chi connectivity index (χ1) is 10.5. The highest BCUT2D eigenvalue weighted by molar-refractivity contribution is 5.99. The number of rotatable bonds is 9. The molecule has 1 aromatic carbocycles. The molecular formula is C17H24O5. The van der Waals surface area contributed by atoms with Gasteiger partial charge in [-0.3, -0.25) is 9.59 Å². The summed E-state index contributed by atoms with van der Waals surface area (Å²) in [5.41, 5.74) is 0.503. The Morgan fingerprint density at radius 2 is 1.64 bits per heavy atom. The van der Waals surface area contributed by atoms with Gasteiger partial charge in [0.1, 0.15) is 0 Å². The molecule has 0 bridgehead atoms. The van der Waals surface area contributed by atoms with E-state index in [1.807, 2.05) is 13.8 Å². The van der Waals surface area contributed by atoms with E-state index in [0.29, 0.717) is 36.9 Å². The third-order valence-electron chi connectivity index (χ3n) is 3.05. The minimum Gasteiger partial charge on any atom is -0.490 e. The van der Waals surface area contributed by atoms with Gasteiger partial charge in [-0.2, -0.15) is 0 Å². The number of ether oxygens (including phenoxy) is 3. The molecule has 1 aromatic rings. The van der Waals surface area contributed by atoms with Crippen LogP contribution in [-0.4, -0.2) is 31.6 Å². The standard InChI is InChI=1S/C17H24O5/c1-5-20-14-9-8-13(11-15(14)21-6-2)17(19)12(4)10-16(18)22-7-3/h8-9,11-12H,5-7,10H2,1-4H3/t12-/m1/s1. The summed E-state index contributed by atoms with van der Waals surface area (Å²) in [4.78, 5) is 23.9. The molecule has 0 aliphatic carbocycles. The molecule has 0 heterocycles. The lowest BCUT2D eigenvalue weighted by Crippen LogP contribution is -2.17. The summed E-state index contributed by atoms with van der Waals surface area (Å²) in [7, 11) is 0. The van der Waals surface area contributed by atoms with Gasteiger partial charge in [-0.15, -0.1) is 0 Å². The van der Waals surface area contributed by atoms with Crippen molar-refractivity contribution in [2.75, 3.05) is 19.8 Å². The highest BCUT2D eigenvalue weighted by atomic mass is 16.5. The van der Waals surface area contributed by atoms with E-state index < -0.39 is 5.92 Å². The quantitative estimate of drug-likeness (QED) is 0.517. The van der Waals surface area contributed by atoms with Crippen LogP contribution in [0.15, 0.2) is 18.2 Å². The number of hydrogen-bond donors (Lipinski definition) is 0. The fourth-order valence-corrected chi connectivity index (χ4v) is 2.05. The second-order valence-corrected chi connectivity index (χ2v) is 4.80. The van der Waals surface area contributed by atoms with Crippen LogP contribution in [0.3, 0.4) is 0 Å². The lowest BCUT2D eigenvalue weighted by atomic mass is 9.96. The van der Waals surface area contributed by atoms with Crippen LogP contribution in [-0.2, 0) is 9.53 Å². The summed E-state index contributed by atoms with van der Waals surface area (Å²) in [5, 5.41) is 0. The molecule has 0 aliphatic heterocycles. The first-order valence-corrected chi connectivity index (χ1v) is 7.62. The van der Waals surface area contributed by atoms with Crippen LogP contribution in [0.25, 0.3) is 0 Å². The van der Waals surface area contributed by atoms with Crippen LogP contribution in [0.5, 0.6) is 11.5 Å². The average Bonchev–Trinajstić information content (AvgIpc) is 2.49. The molecule has 1 atom stereocenters. The molecule has 0 saturated heterocycles. The summed E-state index contributed by atoms with van der Waals surface area (Å²) in [6.07, 6.45) is 0.0733. The Morgan fingerprint density at radius 1 is 1.00 bits per heavy atom. The van der Waals surface area contributed by atoms with Crippen molar-refractivity contribution in [1.29, 1.82) is 0 Å². The number of carbonyl (C=O) groups excluding carboxylic acids is 2. The maximum absolute atomic E-state index is 12.4.